The summed E-state index contributed by atoms with van der Waals surface area (Å²) in [6.07, 6.45) is 4.52. The molecule has 1 aromatic heterocycles. The van der Waals surface area contributed by atoms with Crippen molar-refractivity contribution < 1.29 is 5.11 Å². The number of rotatable bonds is 4. The molecule has 1 saturated carbocycles. The van der Waals surface area contributed by atoms with Crippen LogP contribution in [0.3, 0.4) is 0 Å². The van der Waals surface area contributed by atoms with Crippen LogP contribution in [0.4, 0.5) is 0 Å². The summed E-state index contributed by atoms with van der Waals surface area (Å²) in [6, 6.07) is 0.457. The van der Waals surface area contributed by atoms with Crippen molar-refractivity contribution in [1.82, 2.24) is 20.2 Å². The average Bonchev–Trinajstić information content (AvgIpc) is 2.85. The van der Waals surface area contributed by atoms with Crippen molar-refractivity contribution in [3.8, 4) is 0 Å². The topological polar surface area (TPSA) is 63.8 Å². The van der Waals surface area contributed by atoms with Crippen LogP contribution < -0.4 is 0 Å². The molecule has 0 bridgehead atoms. The molecule has 0 aromatic carbocycles. The summed E-state index contributed by atoms with van der Waals surface area (Å²) in [5.41, 5.74) is 0. The molecular formula is C10H18N4OS. The molecule has 0 aliphatic heterocycles. The lowest BCUT2D eigenvalue weighted by Crippen LogP contribution is -2.17. The number of tetrazole rings is 1. The molecule has 0 amide bonds. The first-order chi connectivity index (χ1) is 7.68. The van der Waals surface area contributed by atoms with Gasteiger partial charge in [-0.2, -0.15) is 0 Å². The second kappa shape index (κ2) is 5.14. The van der Waals surface area contributed by atoms with E-state index in [0.717, 1.165) is 5.16 Å². The molecule has 2 rings (SSSR count). The molecular weight excluding hydrogens is 224 g/mol. The predicted molar refractivity (Wildman–Crippen MR) is 62.3 cm³/mol. The fourth-order valence-electron chi connectivity index (χ4n) is 1.91. The van der Waals surface area contributed by atoms with E-state index in [-0.39, 0.29) is 11.4 Å². The SMILES string of the molecule is CC(O)C(C)Sc1nnnn1C1CCCC1. The molecule has 1 aliphatic rings. The van der Waals surface area contributed by atoms with E-state index in [1.807, 2.05) is 11.6 Å². The Balaban J connectivity index is 2.06. The van der Waals surface area contributed by atoms with Gasteiger partial charge in [-0.25, -0.2) is 4.68 Å². The van der Waals surface area contributed by atoms with Crippen molar-refractivity contribution in [3.05, 3.63) is 0 Å². The Morgan fingerprint density at radius 2 is 2.06 bits per heavy atom. The first-order valence-electron chi connectivity index (χ1n) is 5.81. The summed E-state index contributed by atoms with van der Waals surface area (Å²) in [4.78, 5) is 0. The molecule has 1 heterocycles. The van der Waals surface area contributed by atoms with E-state index in [1.54, 1.807) is 18.7 Å². The Morgan fingerprint density at radius 3 is 2.69 bits per heavy atom. The summed E-state index contributed by atoms with van der Waals surface area (Å²) < 4.78 is 1.93. The highest BCUT2D eigenvalue weighted by atomic mass is 32.2. The summed E-state index contributed by atoms with van der Waals surface area (Å²) >= 11 is 1.55. The largest absolute Gasteiger partial charge is 0.392 e. The fourth-order valence-corrected chi connectivity index (χ4v) is 2.81. The zero-order valence-corrected chi connectivity index (χ0v) is 10.5. The minimum absolute atomic E-state index is 0.117. The Kier molecular flexibility index (Phi) is 3.81. The van der Waals surface area contributed by atoms with Gasteiger partial charge in [-0.1, -0.05) is 31.5 Å². The Bertz CT molecular complexity index is 335. The zero-order chi connectivity index (χ0) is 11.5. The van der Waals surface area contributed by atoms with E-state index in [2.05, 4.69) is 15.5 Å². The van der Waals surface area contributed by atoms with Crippen LogP contribution in [-0.2, 0) is 0 Å². The van der Waals surface area contributed by atoms with Gasteiger partial charge < -0.3 is 5.11 Å². The average molecular weight is 242 g/mol. The lowest BCUT2D eigenvalue weighted by Gasteiger charge is -2.15. The second-order valence-corrected chi connectivity index (χ2v) is 5.75. The van der Waals surface area contributed by atoms with Crippen LogP contribution in [0.2, 0.25) is 0 Å². The van der Waals surface area contributed by atoms with Crippen LogP contribution in [0.25, 0.3) is 0 Å². The van der Waals surface area contributed by atoms with Gasteiger partial charge in [-0.15, -0.1) is 5.10 Å². The smallest absolute Gasteiger partial charge is 0.209 e. The highest BCUT2D eigenvalue weighted by molar-refractivity contribution is 7.99. The lowest BCUT2D eigenvalue weighted by molar-refractivity contribution is 0.196. The molecule has 1 aliphatic carbocycles. The molecule has 0 radical (unpaired) electrons. The maximum Gasteiger partial charge on any atom is 0.209 e. The molecule has 16 heavy (non-hydrogen) atoms. The Labute approximate surface area is 99.6 Å². The monoisotopic (exact) mass is 242 g/mol. The van der Waals surface area contributed by atoms with Crippen LogP contribution in [-0.4, -0.2) is 36.7 Å². The molecule has 5 nitrogen and oxygen atoms in total. The summed E-state index contributed by atoms with van der Waals surface area (Å²) in [7, 11) is 0. The molecule has 0 spiro atoms. The van der Waals surface area contributed by atoms with Crippen molar-refractivity contribution in [2.45, 2.75) is 62.1 Å². The van der Waals surface area contributed by atoms with Crippen LogP contribution in [0.5, 0.6) is 0 Å². The molecule has 1 fully saturated rings. The van der Waals surface area contributed by atoms with Gasteiger partial charge in [0, 0.05) is 5.25 Å². The van der Waals surface area contributed by atoms with E-state index in [9.17, 15) is 5.11 Å². The van der Waals surface area contributed by atoms with Gasteiger partial charge in [-0.3, -0.25) is 0 Å². The molecule has 1 N–H and O–H groups in total. The summed E-state index contributed by atoms with van der Waals surface area (Å²) in [5, 5.41) is 22.3. The normalized spacial score (nSPS) is 21.2. The molecule has 2 atom stereocenters. The van der Waals surface area contributed by atoms with Crippen LogP contribution in [0.15, 0.2) is 5.16 Å². The van der Waals surface area contributed by atoms with Crippen molar-refractivity contribution in [1.29, 1.82) is 0 Å². The van der Waals surface area contributed by atoms with Crippen LogP contribution in [0.1, 0.15) is 45.6 Å². The van der Waals surface area contributed by atoms with Crippen molar-refractivity contribution in [2.75, 3.05) is 0 Å². The Hall–Kier alpha value is -0.620. The first kappa shape index (κ1) is 11.9. The third-order valence-corrected chi connectivity index (χ3v) is 4.35. The number of aliphatic hydroxyl groups excluding tert-OH is 1. The van der Waals surface area contributed by atoms with E-state index >= 15 is 0 Å². The third kappa shape index (κ3) is 2.55. The van der Waals surface area contributed by atoms with Gasteiger partial charge in [0.25, 0.3) is 0 Å². The number of aromatic nitrogens is 4. The molecule has 0 saturated heterocycles. The number of hydrogen-bond acceptors (Lipinski definition) is 5. The van der Waals surface area contributed by atoms with Gasteiger partial charge >= 0.3 is 0 Å². The van der Waals surface area contributed by atoms with E-state index in [1.165, 1.54) is 25.7 Å². The second-order valence-electron chi connectivity index (χ2n) is 4.41. The van der Waals surface area contributed by atoms with E-state index in [0.29, 0.717) is 6.04 Å². The number of hydrogen-bond donors (Lipinski definition) is 1. The third-order valence-electron chi connectivity index (χ3n) is 3.10. The van der Waals surface area contributed by atoms with Crippen molar-refractivity contribution in [3.63, 3.8) is 0 Å². The van der Waals surface area contributed by atoms with Gasteiger partial charge in [0.1, 0.15) is 0 Å². The van der Waals surface area contributed by atoms with E-state index in [4.69, 9.17) is 0 Å². The number of aliphatic hydroxyl groups is 1. The maximum absolute atomic E-state index is 9.48. The molecule has 90 valence electrons. The zero-order valence-electron chi connectivity index (χ0n) is 9.70. The molecule has 6 heteroatoms. The van der Waals surface area contributed by atoms with Gasteiger partial charge in [0.15, 0.2) is 0 Å². The minimum Gasteiger partial charge on any atom is -0.392 e. The fraction of sp³-hybridized carbons (Fsp3) is 0.900. The maximum atomic E-state index is 9.48. The van der Waals surface area contributed by atoms with Gasteiger partial charge in [0.05, 0.1) is 12.1 Å². The number of thioether (sulfide) groups is 1. The first-order valence-corrected chi connectivity index (χ1v) is 6.69. The summed E-state index contributed by atoms with van der Waals surface area (Å²) in [6.45, 7) is 3.78. The highest BCUT2D eigenvalue weighted by Crippen LogP contribution is 2.32. The summed E-state index contributed by atoms with van der Waals surface area (Å²) in [5.74, 6) is 0. The standard InChI is InChI=1S/C10H18N4OS/c1-7(15)8(2)16-10-11-12-13-14(10)9-5-3-4-6-9/h7-9,15H,3-6H2,1-2H3. The van der Waals surface area contributed by atoms with Crippen molar-refractivity contribution >= 4 is 11.8 Å². The van der Waals surface area contributed by atoms with Crippen LogP contribution in [0, 0.1) is 0 Å². The quantitative estimate of drug-likeness (QED) is 0.813. The Morgan fingerprint density at radius 1 is 1.38 bits per heavy atom. The van der Waals surface area contributed by atoms with Gasteiger partial charge in [-0.05, 0) is 30.2 Å². The number of nitrogens with zero attached hydrogens (tertiary/aromatic N) is 4. The van der Waals surface area contributed by atoms with Crippen molar-refractivity contribution in [2.24, 2.45) is 0 Å². The molecule has 1 aromatic rings. The minimum atomic E-state index is -0.348. The van der Waals surface area contributed by atoms with E-state index < -0.39 is 0 Å². The molecule has 2 unspecified atom stereocenters. The van der Waals surface area contributed by atoms with Crippen LogP contribution >= 0.6 is 11.8 Å². The lowest BCUT2D eigenvalue weighted by atomic mass is 10.3. The van der Waals surface area contributed by atoms with Gasteiger partial charge in [0.2, 0.25) is 5.16 Å². The highest BCUT2D eigenvalue weighted by Gasteiger charge is 2.23. The predicted octanol–water partition coefficient (Wildman–Crippen LogP) is 1.65.